The molecule has 2 N–H and O–H groups in total. The molecular formula is C24H24FN5O4. The first-order valence-corrected chi connectivity index (χ1v) is 11.2. The number of aromatic nitrogens is 4. The molecule has 3 aromatic rings. The van der Waals surface area contributed by atoms with Crippen molar-refractivity contribution < 1.29 is 23.3 Å². The highest BCUT2D eigenvalue weighted by molar-refractivity contribution is 5.73. The highest BCUT2D eigenvalue weighted by atomic mass is 19.1. The number of ether oxygens (including phenoxy) is 4. The first kappa shape index (κ1) is 21.6. The first-order chi connectivity index (χ1) is 16.4. The number of halogens is 1. The predicted octanol–water partition coefficient (Wildman–Crippen LogP) is 2.22. The largest absolute Gasteiger partial charge is 0.370 e. The van der Waals surface area contributed by atoms with Gasteiger partial charge in [-0.15, -0.1) is 0 Å². The maximum absolute atomic E-state index is 14.1. The van der Waals surface area contributed by atoms with Gasteiger partial charge in [-0.1, -0.05) is 24.0 Å². The molecule has 0 amide bonds. The lowest BCUT2D eigenvalue weighted by Gasteiger charge is -2.23. The summed E-state index contributed by atoms with van der Waals surface area (Å²) in [5, 5.41) is 0. The lowest BCUT2D eigenvalue weighted by Crippen LogP contribution is -2.28. The Morgan fingerprint density at radius 2 is 1.97 bits per heavy atom. The summed E-state index contributed by atoms with van der Waals surface area (Å²) < 4.78 is 40.3. The van der Waals surface area contributed by atoms with Crippen molar-refractivity contribution in [3.8, 4) is 11.8 Å². The second-order valence-electron chi connectivity index (χ2n) is 9.09. The van der Waals surface area contributed by atoms with Crippen molar-refractivity contribution in [2.24, 2.45) is 5.73 Å². The van der Waals surface area contributed by atoms with Crippen molar-refractivity contribution in [2.75, 3.05) is 6.61 Å². The molecule has 6 rings (SSSR count). The van der Waals surface area contributed by atoms with Gasteiger partial charge in [-0.3, -0.25) is 4.57 Å². The van der Waals surface area contributed by atoms with Crippen molar-refractivity contribution in [3.63, 3.8) is 0 Å². The zero-order valence-electron chi connectivity index (χ0n) is 18.7. The van der Waals surface area contributed by atoms with E-state index in [0.717, 1.165) is 6.42 Å². The van der Waals surface area contributed by atoms with E-state index >= 15 is 0 Å². The minimum absolute atomic E-state index is 0.152. The molecular weight excluding hydrogens is 441 g/mol. The number of fused-ring (bicyclic) bond motifs is 2. The minimum atomic E-state index is -0.823. The van der Waals surface area contributed by atoms with Gasteiger partial charge in [0.2, 0.25) is 0 Å². The number of hydrogen-bond donors (Lipinski definition) is 1. The summed E-state index contributed by atoms with van der Waals surface area (Å²) in [4.78, 5) is 13.4. The summed E-state index contributed by atoms with van der Waals surface area (Å²) in [5.41, 5.74) is 8.34. The number of nitrogens with two attached hydrogens (primary N) is 1. The Bertz CT molecular complexity index is 1300. The molecule has 6 atom stereocenters. The van der Waals surface area contributed by atoms with E-state index < -0.39 is 30.3 Å². The average Bonchev–Trinajstić information content (AvgIpc) is 3.56. The van der Waals surface area contributed by atoms with E-state index in [1.807, 2.05) is 13.8 Å². The van der Waals surface area contributed by atoms with Gasteiger partial charge in [0.05, 0.1) is 11.9 Å². The third-order valence-corrected chi connectivity index (χ3v) is 6.32. The molecule has 0 saturated carbocycles. The molecule has 3 aliphatic heterocycles. The van der Waals surface area contributed by atoms with Crippen molar-refractivity contribution in [1.82, 2.24) is 19.5 Å². The van der Waals surface area contributed by atoms with Gasteiger partial charge in [0.1, 0.15) is 47.8 Å². The molecule has 9 nitrogen and oxygen atoms in total. The van der Waals surface area contributed by atoms with E-state index in [2.05, 4.69) is 26.8 Å². The summed E-state index contributed by atoms with van der Waals surface area (Å²) in [6, 6.07) is 6.21. The molecule has 5 heterocycles. The number of hydrogen-bond acceptors (Lipinski definition) is 8. The molecule has 3 saturated heterocycles. The smallest absolute Gasteiger partial charge is 0.167 e. The van der Waals surface area contributed by atoms with Crippen LogP contribution in [0.5, 0.6) is 0 Å². The summed E-state index contributed by atoms with van der Waals surface area (Å²) in [6.07, 6.45) is 1.37. The van der Waals surface area contributed by atoms with Gasteiger partial charge in [0.25, 0.3) is 0 Å². The third kappa shape index (κ3) is 3.57. The Morgan fingerprint density at radius 1 is 1.15 bits per heavy atom. The molecule has 0 bridgehead atoms. The van der Waals surface area contributed by atoms with Crippen LogP contribution in [0.3, 0.4) is 0 Å². The van der Waals surface area contributed by atoms with Crippen molar-refractivity contribution in [1.29, 1.82) is 0 Å². The Balaban J connectivity index is 1.37. The molecule has 34 heavy (non-hydrogen) atoms. The van der Waals surface area contributed by atoms with E-state index in [-0.39, 0.29) is 18.0 Å². The molecule has 2 unspecified atom stereocenters. The van der Waals surface area contributed by atoms with Crippen molar-refractivity contribution >= 4 is 11.2 Å². The van der Waals surface area contributed by atoms with Crippen LogP contribution in [-0.2, 0) is 18.9 Å². The number of nitrogens with zero attached hydrogens (tertiary/aromatic N) is 4. The highest BCUT2D eigenvalue weighted by Crippen LogP contribution is 2.44. The normalized spacial score (nSPS) is 32.0. The fourth-order valence-corrected chi connectivity index (χ4v) is 4.78. The number of imidazole rings is 1. The van der Waals surface area contributed by atoms with Crippen LogP contribution in [0.15, 0.2) is 36.9 Å². The Labute approximate surface area is 195 Å². The zero-order chi connectivity index (χ0) is 23.4. The fourth-order valence-electron chi connectivity index (χ4n) is 4.78. The Morgan fingerprint density at radius 3 is 2.76 bits per heavy atom. The van der Waals surface area contributed by atoms with E-state index in [1.54, 1.807) is 29.1 Å². The van der Waals surface area contributed by atoms with Gasteiger partial charge in [0.15, 0.2) is 17.7 Å². The monoisotopic (exact) mass is 465 g/mol. The third-order valence-electron chi connectivity index (χ3n) is 6.32. The molecule has 3 fully saturated rings. The van der Waals surface area contributed by atoms with Gasteiger partial charge in [-0.25, -0.2) is 19.3 Å². The Kier molecular flexibility index (Phi) is 5.13. The van der Waals surface area contributed by atoms with Crippen molar-refractivity contribution in [3.05, 3.63) is 54.0 Å². The van der Waals surface area contributed by atoms with Gasteiger partial charge in [0, 0.05) is 12.6 Å². The quantitative estimate of drug-likeness (QED) is 0.575. The van der Waals surface area contributed by atoms with Crippen LogP contribution in [0.4, 0.5) is 4.39 Å². The molecule has 2 aromatic heterocycles. The van der Waals surface area contributed by atoms with Crippen LogP contribution >= 0.6 is 0 Å². The first-order valence-electron chi connectivity index (χ1n) is 11.2. The molecule has 10 heteroatoms. The standard InChI is InChI=1S/C24H24FN5O4/c1-24(2)33-20-16(8-7-13-5-3-4-6-14(13)25)32-23(21(20)34-24)30-12-29-18-17(27-11-28-22(18)30)19-15(26)9-10-31-19/h3-6,11-12,15-16,19-21,23H,9-10,26H2,1-2H3/t15?,16-,19?,20-,21-,23-/m1/s1. The van der Waals surface area contributed by atoms with Crippen LogP contribution in [0.25, 0.3) is 11.2 Å². The van der Waals surface area contributed by atoms with E-state index in [9.17, 15) is 4.39 Å². The number of benzene rings is 1. The Hall–Kier alpha value is -2.94. The summed E-state index contributed by atoms with van der Waals surface area (Å²) in [6.45, 7) is 4.26. The maximum Gasteiger partial charge on any atom is 0.167 e. The van der Waals surface area contributed by atoms with E-state index in [0.29, 0.717) is 29.0 Å². The van der Waals surface area contributed by atoms with Gasteiger partial charge in [-0.2, -0.15) is 0 Å². The number of rotatable bonds is 2. The van der Waals surface area contributed by atoms with E-state index in [4.69, 9.17) is 24.7 Å². The molecule has 1 aromatic carbocycles. The zero-order valence-corrected chi connectivity index (χ0v) is 18.7. The van der Waals surface area contributed by atoms with Crippen molar-refractivity contribution in [2.45, 2.75) is 62.7 Å². The van der Waals surface area contributed by atoms with Crippen LogP contribution in [-0.4, -0.2) is 56.3 Å². The summed E-state index contributed by atoms with van der Waals surface area (Å²) >= 11 is 0. The molecule has 0 aliphatic carbocycles. The predicted molar refractivity (Wildman–Crippen MR) is 118 cm³/mol. The van der Waals surface area contributed by atoms with Crippen LogP contribution in [0.2, 0.25) is 0 Å². The van der Waals surface area contributed by atoms with Crippen LogP contribution in [0, 0.1) is 17.7 Å². The van der Waals surface area contributed by atoms with Crippen LogP contribution in [0.1, 0.15) is 43.9 Å². The second-order valence-corrected chi connectivity index (χ2v) is 9.09. The van der Waals surface area contributed by atoms with Gasteiger partial charge in [-0.05, 0) is 32.4 Å². The second kappa shape index (κ2) is 8.08. The topological polar surface area (TPSA) is 107 Å². The highest BCUT2D eigenvalue weighted by Gasteiger charge is 2.56. The minimum Gasteiger partial charge on any atom is -0.370 e. The summed E-state index contributed by atoms with van der Waals surface area (Å²) in [7, 11) is 0. The SMILES string of the molecule is CC1(C)O[C@@H]2[C@H](O1)[C@@H](C#Cc1ccccc1F)O[C@H]2n1cnc2c(C3OCCC3N)ncnc21. The van der Waals surface area contributed by atoms with Gasteiger partial charge < -0.3 is 24.7 Å². The molecule has 176 valence electrons. The molecule has 0 radical (unpaired) electrons. The molecule has 3 aliphatic rings. The maximum atomic E-state index is 14.1. The van der Waals surface area contributed by atoms with Gasteiger partial charge >= 0.3 is 0 Å². The average molecular weight is 465 g/mol. The molecule has 0 spiro atoms. The lowest BCUT2D eigenvalue weighted by atomic mass is 10.1. The van der Waals surface area contributed by atoms with Crippen LogP contribution < -0.4 is 5.73 Å². The van der Waals surface area contributed by atoms with E-state index in [1.165, 1.54) is 12.4 Å². The summed E-state index contributed by atoms with van der Waals surface area (Å²) in [5.74, 6) is 4.70. The fraction of sp³-hybridized carbons (Fsp3) is 0.458. The lowest BCUT2D eigenvalue weighted by molar-refractivity contribution is -0.190.